The normalized spacial score (nSPS) is 42.2. The van der Waals surface area contributed by atoms with Crippen molar-refractivity contribution in [3.8, 4) is 0 Å². The Morgan fingerprint density at radius 3 is 2.31 bits per heavy atom. The first-order valence-corrected chi connectivity index (χ1v) is 6.27. The molecule has 2 aliphatic heterocycles. The highest BCUT2D eigenvalue weighted by molar-refractivity contribution is 5.09. The van der Waals surface area contributed by atoms with Crippen molar-refractivity contribution in [2.24, 2.45) is 5.92 Å². The summed E-state index contributed by atoms with van der Waals surface area (Å²) in [5.74, 6) is 0.207. The number of hydrogen-bond acceptors (Lipinski definition) is 3. The van der Waals surface area contributed by atoms with Crippen molar-refractivity contribution in [1.82, 2.24) is 0 Å². The highest BCUT2D eigenvalue weighted by atomic mass is 16.6. The fourth-order valence-electron chi connectivity index (χ4n) is 3.43. The van der Waals surface area contributed by atoms with Crippen LogP contribution in [0.4, 0.5) is 0 Å². The molecule has 2 aliphatic rings. The molecule has 2 unspecified atom stereocenters. The minimum absolute atomic E-state index is 0.207. The number of hydrogen-bond donors (Lipinski definition) is 1. The average Bonchev–Trinajstić information content (AvgIpc) is 2.33. The molecular weight excluding hydrogens is 204 g/mol. The first-order chi connectivity index (χ1) is 7.27. The quantitative estimate of drug-likeness (QED) is 0.747. The third kappa shape index (κ3) is 1.89. The van der Waals surface area contributed by atoms with E-state index in [-0.39, 0.29) is 11.5 Å². The van der Waals surface area contributed by atoms with Crippen LogP contribution in [0.2, 0.25) is 0 Å². The van der Waals surface area contributed by atoms with E-state index in [0.717, 1.165) is 19.4 Å². The highest BCUT2D eigenvalue weighted by Crippen LogP contribution is 2.50. The van der Waals surface area contributed by atoms with E-state index in [9.17, 15) is 5.11 Å². The van der Waals surface area contributed by atoms with Crippen molar-refractivity contribution >= 4 is 0 Å². The number of ether oxygens (including phenoxy) is 2. The van der Waals surface area contributed by atoms with Crippen LogP contribution in [0.1, 0.15) is 47.0 Å². The van der Waals surface area contributed by atoms with Crippen molar-refractivity contribution in [1.29, 1.82) is 0 Å². The van der Waals surface area contributed by atoms with Gasteiger partial charge in [0.2, 0.25) is 0 Å². The maximum atomic E-state index is 11.0. The third-order valence-electron chi connectivity index (χ3n) is 4.10. The molecule has 0 aromatic rings. The topological polar surface area (TPSA) is 38.7 Å². The van der Waals surface area contributed by atoms with Gasteiger partial charge in [-0.15, -0.1) is 0 Å². The molecule has 2 rings (SSSR count). The highest BCUT2D eigenvalue weighted by Gasteiger charge is 2.59. The van der Waals surface area contributed by atoms with E-state index >= 15 is 0 Å². The molecule has 2 fully saturated rings. The van der Waals surface area contributed by atoms with Crippen LogP contribution in [-0.2, 0) is 9.47 Å². The molecule has 0 saturated carbocycles. The molecule has 1 N–H and O–H groups in total. The van der Waals surface area contributed by atoms with E-state index in [1.807, 2.05) is 13.8 Å². The first-order valence-electron chi connectivity index (χ1n) is 6.27. The third-order valence-corrected chi connectivity index (χ3v) is 4.10. The van der Waals surface area contributed by atoms with Gasteiger partial charge in [-0.3, -0.25) is 0 Å². The van der Waals surface area contributed by atoms with E-state index in [2.05, 4.69) is 13.8 Å². The van der Waals surface area contributed by atoms with Gasteiger partial charge in [0.1, 0.15) is 5.60 Å². The van der Waals surface area contributed by atoms with Crippen LogP contribution in [0.15, 0.2) is 0 Å². The lowest BCUT2D eigenvalue weighted by Crippen LogP contribution is -2.54. The maximum absolute atomic E-state index is 11.0. The smallest absolute Gasteiger partial charge is 0.101 e. The van der Waals surface area contributed by atoms with Crippen LogP contribution >= 0.6 is 0 Å². The second kappa shape index (κ2) is 3.69. The molecule has 0 amide bonds. The van der Waals surface area contributed by atoms with Gasteiger partial charge in [-0.2, -0.15) is 0 Å². The summed E-state index contributed by atoms with van der Waals surface area (Å²) in [4.78, 5) is 0. The molecule has 0 bridgehead atoms. The number of aliphatic hydroxyl groups is 1. The summed E-state index contributed by atoms with van der Waals surface area (Å²) in [5, 5.41) is 11.0. The summed E-state index contributed by atoms with van der Waals surface area (Å²) < 4.78 is 11.5. The summed E-state index contributed by atoms with van der Waals surface area (Å²) in [6, 6.07) is 0. The Bertz CT molecular complexity index is 266. The van der Waals surface area contributed by atoms with Gasteiger partial charge >= 0.3 is 0 Å². The molecule has 0 aliphatic carbocycles. The fraction of sp³-hybridized carbons (Fsp3) is 1.00. The summed E-state index contributed by atoms with van der Waals surface area (Å²) >= 11 is 0. The lowest BCUT2D eigenvalue weighted by atomic mass is 9.71. The van der Waals surface area contributed by atoms with Crippen LogP contribution in [0.5, 0.6) is 0 Å². The van der Waals surface area contributed by atoms with E-state index in [0.29, 0.717) is 13.0 Å². The molecule has 0 radical (unpaired) electrons. The van der Waals surface area contributed by atoms with Crippen LogP contribution in [-0.4, -0.2) is 35.1 Å². The van der Waals surface area contributed by atoms with Gasteiger partial charge in [-0.25, -0.2) is 0 Å². The zero-order valence-electron chi connectivity index (χ0n) is 10.9. The van der Waals surface area contributed by atoms with Gasteiger partial charge in [0.05, 0.1) is 17.8 Å². The van der Waals surface area contributed by atoms with Gasteiger partial charge < -0.3 is 14.6 Å². The van der Waals surface area contributed by atoms with Gasteiger partial charge in [-0.1, -0.05) is 0 Å². The predicted octanol–water partition coefficient (Wildman–Crippen LogP) is 2.12. The van der Waals surface area contributed by atoms with E-state index in [1.165, 1.54) is 0 Å². The Balaban J connectivity index is 2.22. The Morgan fingerprint density at radius 1 is 1.19 bits per heavy atom. The summed E-state index contributed by atoms with van der Waals surface area (Å²) in [7, 11) is 0. The summed E-state index contributed by atoms with van der Waals surface area (Å²) in [6.45, 7) is 9.59. The van der Waals surface area contributed by atoms with Crippen LogP contribution in [0.3, 0.4) is 0 Å². The average molecular weight is 228 g/mol. The molecule has 16 heavy (non-hydrogen) atoms. The Hall–Kier alpha value is -0.120. The summed E-state index contributed by atoms with van der Waals surface area (Å²) in [5.41, 5.74) is -1.48. The van der Waals surface area contributed by atoms with E-state index in [4.69, 9.17) is 9.47 Å². The predicted molar refractivity (Wildman–Crippen MR) is 62.4 cm³/mol. The van der Waals surface area contributed by atoms with Gasteiger partial charge in [-0.05, 0) is 40.5 Å². The Labute approximate surface area is 98.1 Å². The molecule has 94 valence electrons. The van der Waals surface area contributed by atoms with Crippen molar-refractivity contribution < 1.29 is 14.6 Å². The molecule has 3 heteroatoms. The van der Waals surface area contributed by atoms with E-state index < -0.39 is 11.2 Å². The monoisotopic (exact) mass is 228 g/mol. The minimum atomic E-state index is -0.753. The molecule has 0 aromatic carbocycles. The zero-order chi connectivity index (χ0) is 12.0. The van der Waals surface area contributed by atoms with Crippen molar-refractivity contribution in [3.63, 3.8) is 0 Å². The molecule has 0 spiro atoms. The van der Waals surface area contributed by atoms with Gasteiger partial charge in [0, 0.05) is 18.9 Å². The SMILES string of the molecule is CC1(C)CC(O)(C2CCCOC2)C(C)(C)O1. The van der Waals surface area contributed by atoms with Crippen LogP contribution < -0.4 is 0 Å². The molecule has 2 atom stereocenters. The molecular formula is C13H24O3. The molecule has 2 saturated heterocycles. The number of rotatable bonds is 1. The van der Waals surface area contributed by atoms with Gasteiger partial charge in [0.15, 0.2) is 0 Å². The second-order valence-corrected chi connectivity index (χ2v) is 6.39. The molecule has 3 nitrogen and oxygen atoms in total. The Kier molecular flexibility index (Phi) is 2.84. The van der Waals surface area contributed by atoms with Gasteiger partial charge in [0.25, 0.3) is 0 Å². The lowest BCUT2D eigenvalue weighted by Gasteiger charge is -2.42. The maximum Gasteiger partial charge on any atom is 0.101 e. The summed E-state index contributed by atoms with van der Waals surface area (Å²) in [6.07, 6.45) is 2.78. The van der Waals surface area contributed by atoms with E-state index in [1.54, 1.807) is 0 Å². The lowest BCUT2D eigenvalue weighted by molar-refractivity contribution is -0.165. The van der Waals surface area contributed by atoms with Crippen LogP contribution in [0.25, 0.3) is 0 Å². The standard InChI is InChI=1S/C13H24O3/c1-11(2)9-13(14,12(3,4)16-11)10-6-5-7-15-8-10/h10,14H,5-9H2,1-4H3. The largest absolute Gasteiger partial charge is 0.386 e. The fourth-order valence-corrected chi connectivity index (χ4v) is 3.43. The van der Waals surface area contributed by atoms with Crippen molar-refractivity contribution in [3.05, 3.63) is 0 Å². The first kappa shape index (κ1) is 12.3. The molecule has 0 aromatic heterocycles. The zero-order valence-corrected chi connectivity index (χ0v) is 10.9. The minimum Gasteiger partial charge on any atom is -0.386 e. The van der Waals surface area contributed by atoms with Crippen LogP contribution in [0, 0.1) is 5.92 Å². The Morgan fingerprint density at radius 2 is 1.88 bits per heavy atom. The molecule has 2 heterocycles. The second-order valence-electron chi connectivity index (χ2n) is 6.39. The van der Waals surface area contributed by atoms with Crippen molar-refractivity contribution in [2.75, 3.05) is 13.2 Å². The van der Waals surface area contributed by atoms with Crippen molar-refractivity contribution in [2.45, 2.75) is 63.8 Å².